The van der Waals surface area contributed by atoms with E-state index in [1.54, 1.807) is 18.2 Å². The lowest BCUT2D eigenvalue weighted by Crippen LogP contribution is -2.26. The summed E-state index contributed by atoms with van der Waals surface area (Å²) in [6.07, 6.45) is 6.46. The van der Waals surface area contributed by atoms with E-state index < -0.39 is 0 Å². The summed E-state index contributed by atoms with van der Waals surface area (Å²) in [4.78, 5) is 25.6. The Balaban J connectivity index is 1.37. The minimum Gasteiger partial charge on any atom is -0.463 e. The lowest BCUT2D eigenvalue weighted by atomic mass is 10.1. The standard InChI is InChI=1S/C23H30N4O3/c1-29-12-4-5-13-30-23-24-15-20-14-21(28)27(22(20)25-23)17-19-8-6-18(7-9-19)16-26-10-2-3-11-26/h6-9,15H,2-5,10-14,16-17H2,1H3. The van der Waals surface area contributed by atoms with Gasteiger partial charge in [0.2, 0.25) is 5.91 Å². The highest BCUT2D eigenvalue weighted by Crippen LogP contribution is 2.29. The summed E-state index contributed by atoms with van der Waals surface area (Å²) in [6.45, 7) is 5.15. The minimum absolute atomic E-state index is 0.0534. The molecule has 2 aliphatic heterocycles. The largest absolute Gasteiger partial charge is 0.463 e. The van der Waals surface area contributed by atoms with Gasteiger partial charge in [-0.2, -0.15) is 4.98 Å². The van der Waals surface area contributed by atoms with Crippen LogP contribution in [0.2, 0.25) is 0 Å². The second-order valence-electron chi connectivity index (χ2n) is 8.01. The third kappa shape index (κ3) is 5.15. The fourth-order valence-corrected chi connectivity index (χ4v) is 3.99. The molecule has 1 amide bonds. The smallest absolute Gasteiger partial charge is 0.318 e. The second kappa shape index (κ2) is 10.00. The highest BCUT2D eigenvalue weighted by atomic mass is 16.5. The molecule has 0 spiro atoms. The molecular weight excluding hydrogens is 380 g/mol. The maximum Gasteiger partial charge on any atom is 0.318 e. The lowest BCUT2D eigenvalue weighted by Gasteiger charge is -2.18. The molecule has 160 valence electrons. The molecule has 4 rings (SSSR count). The van der Waals surface area contributed by atoms with Crippen LogP contribution in [-0.2, 0) is 29.0 Å². The predicted molar refractivity (Wildman–Crippen MR) is 114 cm³/mol. The van der Waals surface area contributed by atoms with Gasteiger partial charge in [0.25, 0.3) is 0 Å². The zero-order chi connectivity index (χ0) is 20.8. The number of rotatable bonds is 10. The Morgan fingerprint density at radius 3 is 2.43 bits per heavy atom. The van der Waals surface area contributed by atoms with Gasteiger partial charge in [-0.1, -0.05) is 24.3 Å². The van der Waals surface area contributed by atoms with Crippen LogP contribution < -0.4 is 9.64 Å². The normalized spacial score (nSPS) is 16.3. The van der Waals surface area contributed by atoms with Crippen LogP contribution in [0.5, 0.6) is 6.01 Å². The molecule has 0 unspecified atom stereocenters. The first-order chi connectivity index (χ1) is 14.7. The van der Waals surface area contributed by atoms with Gasteiger partial charge in [0.15, 0.2) is 0 Å². The maximum absolute atomic E-state index is 12.6. The number of aromatic nitrogens is 2. The Morgan fingerprint density at radius 2 is 1.70 bits per heavy atom. The number of benzene rings is 1. The van der Waals surface area contributed by atoms with E-state index in [9.17, 15) is 4.79 Å². The molecule has 7 heteroatoms. The number of unbranched alkanes of at least 4 members (excludes halogenated alkanes) is 1. The summed E-state index contributed by atoms with van der Waals surface area (Å²) in [5, 5.41) is 0. The summed E-state index contributed by atoms with van der Waals surface area (Å²) in [7, 11) is 1.69. The Hall–Kier alpha value is -2.51. The van der Waals surface area contributed by atoms with Crippen molar-refractivity contribution in [2.24, 2.45) is 0 Å². The van der Waals surface area contributed by atoms with Gasteiger partial charge in [0.05, 0.1) is 19.6 Å². The van der Waals surface area contributed by atoms with Gasteiger partial charge in [-0.05, 0) is 49.9 Å². The molecule has 0 atom stereocenters. The van der Waals surface area contributed by atoms with Crippen LogP contribution in [0, 0.1) is 0 Å². The van der Waals surface area contributed by atoms with Gasteiger partial charge in [-0.25, -0.2) is 4.98 Å². The monoisotopic (exact) mass is 410 g/mol. The molecule has 0 bridgehead atoms. The molecule has 2 aromatic rings. The van der Waals surface area contributed by atoms with E-state index in [-0.39, 0.29) is 5.91 Å². The van der Waals surface area contributed by atoms with Crippen molar-refractivity contribution in [3.63, 3.8) is 0 Å². The summed E-state index contributed by atoms with van der Waals surface area (Å²) >= 11 is 0. The zero-order valence-corrected chi connectivity index (χ0v) is 17.7. The first kappa shape index (κ1) is 20.8. The van der Waals surface area contributed by atoms with Crippen LogP contribution in [0.25, 0.3) is 0 Å². The van der Waals surface area contributed by atoms with Crippen molar-refractivity contribution in [2.75, 3.05) is 38.3 Å². The summed E-state index contributed by atoms with van der Waals surface area (Å²) in [6, 6.07) is 8.90. The van der Waals surface area contributed by atoms with E-state index in [4.69, 9.17) is 9.47 Å². The number of carbonyl (C=O) groups is 1. The maximum atomic E-state index is 12.6. The van der Waals surface area contributed by atoms with Crippen molar-refractivity contribution < 1.29 is 14.3 Å². The predicted octanol–water partition coefficient (Wildman–Crippen LogP) is 2.97. The molecule has 0 saturated carbocycles. The molecule has 30 heavy (non-hydrogen) atoms. The molecule has 1 fully saturated rings. The van der Waals surface area contributed by atoms with Crippen molar-refractivity contribution in [2.45, 2.75) is 45.2 Å². The number of hydrogen-bond acceptors (Lipinski definition) is 6. The third-order valence-electron chi connectivity index (χ3n) is 5.66. The molecule has 3 heterocycles. The topological polar surface area (TPSA) is 67.8 Å². The molecular formula is C23H30N4O3. The fourth-order valence-electron chi connectivity index (χ4n) is 3.99. The molecule has 0 radical (unpaired) electrons. The van der Waals surface area contributed by atoms with Crippen LogP contribution >= 0.6 is 0 Å². The van der Waals surface area contributed by atoms with E-state index in [1.165, 1.54) is 31.5 Å². The minimum atomic E-state index is 0.0534. The number of fused-ring (bicyclic) bond motifs is 1. The molecule has 7 nitrogen and oxygen atoms in total. The Morgan fingerprint density at radius 1 is 1.00 bits per heavy atom. The molecule has 2 aliphatic rings. The number of anilines is 1. The molecule has 1 aromatic carbocycles. The average Bonchev–Trinajstić information content (AvgIpc) is 3.37. The highest BCUT2D eigenvalue weighted by molar-refractivity contribution is 6.00. The number of ether oxygens (including phenoxy) is 2. The SMILES string of the molecule is COCCCCOc1ncc2c(n1)N(Cc1ccc(CN3CCCC3)cc1)C(=O)C2. The number of carbonyl (C=O) groups excluding carboxylic acids is 1. The van der Waals surface area contributed by atoms with Gasteiger partial charge in [0.1, 0.15) is 5.82 Å². The van der Waals surface area contributed by atoms with Gasteiger partial charge in [-0.15, -0.1) is 0 Å². The summed E-state index contributed by atoms with van der Waals surface area (Å²) < 4.78 is 10.7. The molecule has 0 aliphatic carbocycles. The van der Waals surface area contributed by atoms with Crippen LogP contribution in [0.3, 0.4) is 0 Å². The highest BCUT2D eigenvalue weighted by Gasteiger charge is 2.30. The van der Waals surface area contributed by atoms with E-state index in [1.807, 2.05) is 0 Å². The van der Waals surface area contributed by atoms with Crippen LogP contribution in [-0.4, -0.2) is 54.2 Å². The van der Waals surface area contributed by atoms with Crippen LogP contribution in [0.1, 0.15) is 42.4 Å². The van der Waals surface area contributed by atoms with Crippen LogP contribution in [0.15, 0.2) is 30.5 Å². The van der Waals surface area contributed by atoms with Crippen molar-refractivity contribution in [1.82, 2.24) is 14.9 Å². The Kier molecular flexibility index (Phi) is 6.92. The second-order valence-corrected chi connectivity index (χ2v) is 8.01. The molecule has 1 aromatic heterocycles. The van der Waals surface area contributed by atoms with Gasteiger partial charge < -0.3 is 9.47 Å². The number of amides is 1. The van der Waals surface area contributed by atoms with E-state index in [0.717, 1.165) is 30.5 Å². The quantitative estimate of drug-likeness (QED) is 0.561. The Labute approximate surface area is 178 Å². The van der Waals surface area contributed by atoms with Crippen molar-refractivity contribution >= 4 is 11.7 Å². The van der Waals surface area contributed by atoms with E-state index in [0.29, 0.717) is 38.0 Å². The van der Waals surface area contributed by atoms with Gasteiger partial charge in [-0.3, -0.25) is 14.6 Å². The first-order valence-electron chi connectivity index (χ1n) is 10.8. The molecule has 0 N–H and O–H groups in total. The first-order valence-corrected chi connectivity index (χ1v) is 10.8. The van der Waals surface area contributed by atoms with Crippen LogP contribution in [0.4, 0.5) is 5.82 Å². The zero-order valence-electron chi connectivity index (χ0n) is 17.7. The van der Waals surface area contributed by atoms with E-state index >= 15 is 0 Å². The third-order valence-corrected chi connectivity index (χ3v) is 5.66. The number of nitrogens with zero attached hydrogens (tertiary/aromatic N) is 4. The number of likely N-dealkylation sites (tertiary alicyclic amines) is 1. The average molecular weight is 411 g/mol. The van der Waals surface area contributed by atoms with Crippen molar-refractivity contribution in [3.8, 4) is 6.01 Å². The van der Waals surface area contributed by atoms with Crippen molar-refractivity contribution in [3.05, 3.63) is 47.2 Å². The summed E-state index contributed by atoms with van der Waals surface area (Å²) in [5.74, 6) is 0.723. The van der Waals surface area contributed by atoms with Gasteiger partial charge in [0, 0.05) is 32.0 Å². The number of hydrogen-bond donors (Lipinski definition) is 0. The summed E-state index contributed by atoms with van der Waals surface area (Å²) in [5.41, 5.74) is 3.28. The van der Waals surface area contributed by atoms with E-state index in [2.05, 4.69) is 39.1 Å². The lowest BCUT2D eigenvalue weighted by molar-refractivity contribution is -0.117. The number of methoxy groups -OCH3 is 1. The van der Waals surface area contributed by atoms with Crippen molar-refractivity contribution in [1.29, 1.82) is 0 Å². The fraction of sp³-hybridized carbons (Fsp3) is 0.522. The Bertz CT molecular complexity index is 850. The molecule has 1 saturated heterocycles. The van der Waals surface area contributed by atoms with Gasteiger partial charge >= 0.3 is 6.01 Å².